The maximum Gasteiger partial charge on any atom is 0.428 e. The van der Waals surface area contributed by atoms with Crippen LogP contribution >= 0.6 is 0 Å². The molecule has 1 amide bonds. The molecule has 1 atom stereocenters. The van der Waals surface area contributed by atoms with Crippen LogP contribution in [-0.4, -0.2) is 60.2 Å². The molecular weight excluding hydrogens is 404 g/mol. The van der Waals surface area contributed by atoms with Crippen molar-refractivity contribution in [2.24, 2.45) is 10.8 Å². The molecule has 0 aromatic rings. The summed E-state index contributed by atoms with van der Waals surface area (Å²) in [6.45, 7) is -0.0406. The average molecular weight is 425 g/mol. The number of amides is 1. The Bertz CT molecular complexity index is 758. The van der Waals surface area contributed by atoms with Crippen LogP contribution in [-0.2, 0) is 4.79 Å². The fourth-order valence-corrected chi connectivity index (χ4v) is 2.92. The first-order valence-corrected chi connectivity index (χ1v) is 8.76. The normalized spacial score (nSPS) is 21.5. The molecule has 2 rings (SSSR count). The van der Waals surface area contributed by atoms with E-state index in [1.165, 1.54) is 4.90 Å². The van der Waals surface area contributed by atoms with Crippen molar-refractivity contribution < 1.29 is 31.1 Å². The lowest BCUT2D eigenvalue weighted by Gasteiger charge is -2.36. The van der Waals surface area contributed by atoms with E-state index in [2.05, 4.69) is 5.10 Å². The van der Waals surface area contributed by atoms with Crippen molar-refractivity contribution in [1.82, 2.24) is 15.2 Å². The van der Waals surface area contributed by atoms with Crippen molar-refractivity contribution in [1.29, 1.82) is 0 Å². The van der Waals surface area contributed by atoms with Gasteiger partial charge in [-0.25, -0.2) is 13.2 Å². The number of amidine groups is 1. The van der Waals surface area contributed by atoms with Gasteiger partial charge in [0.25, 0.3) is 0 Å². The van der Waals surface area contributed by atoms with Crippen molar-refractivity contribution in [2.75, 3.05) is 26.3 Å². The smallest absolute Gasteiger partial charge is 0.402 e. The van der Waals surface area contributed by atoms with Gasteiger partial charge in [0.15, 0.2) is 0 Å². The molecule has 0 aromatic carbocycles. The maximum absolute atomic E-state index is 13.9. The first-order chi connectivity index (χ1) is 13.6. The summed E-state index contributed by atoms with van der Waals surface area (Å²) in [4.78, 5) is 14.7. The lowest BCUT2D eigenvalue weighted by molar-refractivity contribution is -0.179. The molecule has 0 aromatic heterocycles. The summed E-state index contributed by atoms with van der Waals surface area (Å²) < 4.78 is 77.7. The van der Waals surface area contributed by atoms with Gasteiger partial charge in [0.05, 0.1) is 6.54 Å². The van der Waals surface area contributed by atoms with Crippen LogP contribution < -0.4 is 11.2 Å². The minimum absolute atomic E-state index is 0.0156. The van der Waals surface area contributed by atoms with Gasteiger partial charge in [-0.15, -0.1) is 0 Å². The molecule has 1 saturated heterocycles. The number of rotatable bonds is 6. The largest absolute Gasteiger partial charge is 0.428 e. The molecule has 1 unspecified atom stereocenters. The molecule has 29 heavy (non-hydrogen) atoms. The summed E-state index contributed by atoms with van der Waals surface area (Å²) in [6.07, 6.45) is -4.99. The first-order valence-electron chi connectivity index (χ1n) is 8.76. The summed E-state index contributed by atoms with van der Waals surface area (Å²) in [5.74, 6) is -2.73. The summed E-state index contributed by atoms with van der Waals surface area (Å²) in [5.41, 5.74) is 7.84. The molecule has 3 N–H and O–H groups in total. The minimum atomic E-state index is -4.51. The van der Waals surface area contributed by atoms with E-state index >= 15 is 0 Å². The van der Waals surface area contributed by atoms with Gasteiger partial charge >= 0.3 is 6.18 Å². The van der Waals surface area contributed by atoms with Crippen molar-refractivity contribution >= 4 is 11.7 Å². The molecule has 0 aliphatic carbocycles. The number of alkyl halides is 4. The third kappa shape index (κ3) is 5.67. The molecule has 2 aliphatic rings. The average Bonchev–Trinajstić information content (AvgIpc) is 3.09. The van der Waals surface area contributed by atoms with E-state index in [0.29, 0.717) is 6.08 Å². The zero-order chi connectivity index (χ0) is 21.8. The Kier molecular flexibility index (Phi) is 7.20. The molecule has 0 radical (unpaired) electrons. The molecule has 2 aliphatic heterocycles. The molecule has 0 spiro atoms. The molecule has 162 valence electrons. The number of hydrogen-bond donors (Lipinski definition) is 2. The van der Waals surface area contributed by atoms with Crippen LogP contribution in [0.2, 0.25) is 0 Å². The Morgan fingerprint density at radius 1 is 1.31 bits per heavy atom. The number of nitrogens with one attached hydrogen (secondary N) is 1. The van der Waals surface area contributed by atoms with Crippen LogP contribution in [0.15, 0.2) is 40.2 Å². The number of hydrogen-bond acceptors (Lipinski definition) is 5. The van der Waals surface area contributed by atoms with E-state index in [1.807, 2.05) is 5.43 Å². The Morgan fingerprint density at radius 2 is 2.00 bits per heavy atom. The number of piperazine rings is 1. The summed E-state index contributed by atoms with van der Waals surface area (Å²) in [7, 11) is 0. The molecule has 2 heterocycles. The minimum Gasteiger partial charge on any atom is -0.402 e. The van der Waals surface area contributed by atoms with Gasteiger partial charge in [-0.1, -0.05) is 6.92 Å². The highest BCUT2D eigenvalue weighted by Crippen LogP contribution is 2.27. The third-order valence-electron chi connectivity index (χ3n) is 4.43. The second-order valence-electron chi connectivity index (χ2n) is 6.48. The standard InChI is InChI=1S/C17H21F6N5O/c1-2-10(13(20)6-11(19)8-18)5-12(24)7-15(29)27-3-4-28-14(9-27)25-26-16(28)17(21,22)23/h6-7,16,26H,2-5,8-9,24H2,1H3/b11-6+,12-7-,13-10-. The quantitative estimate of drug-likeness (QED) is 0.390. The maximum atomic E-state index is 13.9. The first kappa shape index (κ1) is 22.6. The monoisotopic (exact) mass is 425 g/mol. The third-order valence-corrected chi connectivity index (χ3v) is 4.43. The SMILES string of the molecule is CC/C(C/C(N)=C/C(=O)N1CCN2C(=NNC2C(F)(F)F)C1)=C(F)\C=C(\F)CF. The van der Waals surface area contributed by atoms with E-state index in [0.717, 1.165) is 11.0 Å². The lowest BCUT2D eigenvalue weighted by Crippen LogP contribution is -2.57. The summed E-state index contributed by atoms with van der Waals surface area (Å²) in [5, 5.41) is 3.63. The number of nitrogens with zero attached hydrogens (tertiary/aromatic N) is 3. The predicted molar refractivity (Wildman–Crippen MR) is 94.2 cm³/mol. The highest BCUT2D eigenvalue weighted by atomic mass is 19.4. The fraction of sp³-hybridized carbons (Fsp3) is 0.529. The number of carbonyl (C=O) groups excluding carboxylic acids is 1. The fourth-order valence-electron chi connectivity index (χ4n) is 2.92. The van der Waals surface area contributed by atoms with Gasteiger partial charge in [-0.3, -0.25) is 10.2 Å². The number of carbonyl (C=O) groups is 1. The van der Waals surface area contributed by atoms with E-state index in [9.17, 15) is 31.1 Å². The molecule has 6 nitrogen and oxygen atoms in total. The Hall–Kier alpha value is -2.66. The number of fused-ring (bicyclic) bond motifs is 1. The van der Waals surface area contributed by atoms with E-state index in [-0.39, 0.29) is 49.6 Å². The Labute approximate surface area is 163 Å². The predicted octanol–water partition coefficient (Wildman–Crippen LogP) is 2.62. The van der Waals surface area contributed by atoms with Gasteiger partial charge in [0.1, 0.15) is 24.2 Å². The zero-order valence-corrected chi connectivity index (χ0v) is 15.6. The van der Waals surface area contributed by atoms with Crippen molar-refractivity contribution in [2.45, 2.75) is 32.1 Å². The van der Waals surface area contributed by atoms with Gasteiger partial charge in [0, 0.05) is 37.4 Å². The van der Waals surface area contributed by atoms with Crippen LogP contribution in [0.1, 0.15) is 19.8 Å². The van der Waals surface area contributed by atoms with Gasteiger partial charge in [-0.2, -0.15) is 18.3 Å². The number of halogens is 6. The summed E-state index contributed by atoms with van der Waals surface area (Å²) >= 11 is 0. The Morgan fingerprint density at radius 3 is 2.59 bits per heavy atom. The van der Waals surface area contributed by atoms with Gasteiger partial charge in [-0.05, 0) is 12.0 Å². The Balaban J connectivity index is 2.03. The number of allylic oxidation sites excluding steroid dienone is 4. The van der Waals surface area contributed by atoms with Gasteiger partial charge < -0.3 is 15.5 Å². The second-order valence-corrected chi connectivity index (χ2v) is 6.48. The molecule has 1 fully saturated rings. The molecular formula is C17H21F6N5O. The highest BCUT2D eigenvalue weighted by Gasteiger charge is 2.49. The van der Waals surface area contributed by atoms with Crippen molar-refractivity contribution in [3.05, 3.63) is 35.1 Å². The van der Waals surface area contributed by atoms with Crippen LogP contribution in [0.25, 0.3) is 0 Å². The van der Waals surface area contributed by atoms with E-state index in [1.54, 1.807) is 6.92 Å². The lowest BCUT2D eigenvalue weighted by atomic mass is 10.1. The zero-order valence-electron chi connectivity index (χ0n) is 15.6. The van der Waals surface area contributed by atoms with Crippen LogP contribution in [0.3, 0.4) is 0 Å². The highest BCUT2D eigenvalue weighted by molar-refractivity contribution is 5.94. The topological polar surface area (TPSA) is 74.0 Å². The van der Waals surface area contributed by atoms with Crippen LogP contribution in [0, 0.1) is 0 Å². The van der Waals surface area contributed by atoms with Crippen molar-refractivity contribution in [3.63, 3.8) is 0 Å². The molecule has 0 saturated carbocycles. The van der Waals surface area contributed by atoms with Crippen LogP contribution in [0.5, 0.6) is 0 Å². The number of nitrogens with two attached hydrogens (primary N) is 1. The second kappa shape index (κ2) is 9.23. The molecule has 0 bridgehead atoms. The van der Waals surface area contributed by atoms with Crippen LogP contribution in [0.4, 0.5) is 26.3 Å². The summed E-state index contributed by atoms with van der Waals surface area (Å²) in [6, 6.07) is 0. The van der Waals surface area contributed by atoms with Crippen molar-refractivity contribution in [3.8, 4) is 0 Å². The van der Waals surface area contributed by atoms with E-state index in [4.69, 9.17) is 5.73 Å². The van der Waals surface area contributed by atoms with Gasteiger partial charge in [0.2, 0.25) is 12.1 Å². The molecule has 12 heteroatoms. The number of hydrazone groups is 1. The van der Waals surface area contributed by atoms with E-state index < -0.39 is 36.6 Å².